The SMILES string of the molecule is CC(C)(C)OC(=O)NNC(=O)CCc1ccccc1O.NC(=O)CCc1ccccc1O.O=C(CCc1ccccc1O)NCCCCCCO.O=C(O)CCCCCNC(=O)CCc1ccccc1O. The molecule has 0 fully saturated rings. The van der Waals surface area contributed by atoms with Crippen LogP contribution >= 0.6 is 0 Å². The van der Waals surface area contributed by atoms with Crippen molar-refractivity contribution in [3.8, 4) is 23.0 Å². The Balaban J connectivity index is 0.000000480. The summed E-state index contributed by atoms with van der Waals surface area (Å²) >= 11 is 0. The third-order valence-electron chi connectivity index (χ3n) is 9.97. The molecule has 0 saturated carbocycles. The highest BCUT2D eigenvalue weighted by Gasteiger charge is 2.16. The second-order valence-corrected chi connectivity index (χ2v) is 17.2. The van der Waals surface area contributed by atoms with E-state index < -0.39 is 17.7 Å². The number of hydrazine groups is 1. The second kappa shape index (κ2) is 36.6. The number of phenolic OH excluding ortho intramolecular Hbond substituents is 4. The number of carboxylic acids is 1. The van der Waals surface area contributed by atoms with E-state index in [1.54, 1.807) is 93.6 Å². The highest BCUT2D eigenvalue weighted by molar-refractivity contribution is 5.79. The summed E-state index contributed by atoms with van der Waals surface area (Å²) in [6, 6.07) is 27.8. The third-order valence-corrected chi connectivity index (χ3v) is 9.97. The van der Waals surface area contributed by atoms with Crippen molar-refractivity contribution in [2.24, 2.45) is 5.73 Å². The highest BCUT2D eigenvalue weighted by atomic mass is 16.6. The number of aliphatic hydroxyl groups is 1. The molecule has 4 aromatic carbocycles. The average molecular weight is 990 g/mol. The zero-order chi connectivity index (χ0) is 52.9. The molecule has 0 aliphatic carbocycles. The molecule has 0 aliphatic heterocycles. The zero-order valence-electron chi connectivity index (χ0n) is 41.3. The number of nitrogens with one attached hydrogen (secondary N) is 4. The Bertz CT molecular complexity index is 2200. The Hall–Kier alpha value is -7.34. The van der Waals surface area contributed by atoms with Crippen LogP contribution in [0.2, 0.25) is 0 Å². The van der Waals surface area contributed by atoms with E-state index in [9.17, 15) is 49.2 Å². The van der Waals surface area contributed by atoms with E-state index in [0.717, 1.165) is 55.2 Å². The first-order valence-corrected chi connectivity index (χ1v) is 23.8. The Labute approximate surface area is 417 Å². The van der Waals surface area contributed by atoms with Crippen LogP contribution in [0.25, 0.3) is 0 Å². The first kappa shape index (κ1) is 61.7. The van der Waals surface area contributed by atoms with Crippen molar-refractivity contribution in [1.29, 1.82) is 0 Å². The maximum atomic E-state index is 11.6. The smallest absolute Gasteiger partial charge is 0.426 e. The van der Waals surface area contributed by atoms with Crippen LogP contribution in [0.3, 0.4) is 0 Å². The molecule has 12 N–H and O–H groups in total. The van der Waals surface area contributed by atoms with Crippen LogP contribution in [0.5, 0.6) is 23.0 Å². The van der Waals surface area contributed by atoms with Crippen LogP contribution in [0.1, 0.15) is 120 Å². The molecule has 0 saturated heterocycles. The van der Waals surface area contributed by atoms with E-state index in [0.29, 0.717) is 63.6 Å². The number of hydrogen-bond donors (Lipinski definition) is 11. The minimum Gasteiger partial charge on any atom is -0.508 e. The normalized spacial score (nSPS) is 10.3. The van der Waals surface area contributed by atoms with Crippen LogP contribution in [0, 0.1) is 0 Å². The topological polar surface area (TPSA) is 307 Å². The highest BCUT2D eigenvalue weighted by Crippen LogP contribution is 2.20. The van der Waals surface area contributed by atoms with E-state index in [1.165, 1.54) is 0 Å². The summed E-state index contributed by atoms with van der Waals surface area (Å²) < 4.78 is 4.97. The summed E-state index contributed by atoms with van der Waals surface area (Å²) in [6.07, 6.45) is 8.62. The number of rotatable bonds is 24. The van der Waals surface area contributed by atoms with Gasteiger partial charge in [0.25, 0.3) is 0 Å². The number of para-hydroxylation sites is 4. The van der Waals surface area contributed by atoms with E-state index in [2.05, 4.69) is 21.5 Å². The Morgan fingerprint density at radius 2 is 0.831 bits per heavy atom. The van der Waals surface area contributed by atoms with Gasteiger partial charge in [0.2, 0.25) is 23.6 Å². The first-order chi connectivity index (χ1) is 33.8. The summed E-state index contributed by atoms with van der Waals surface area (Å²) in [6.45, 7) is 6.68. The van der Waals surface area contributed by atoms with Crippen LogP contribution in [0.4, 0.5) is 4.79 Å². The van der Waals surface area contributed by atoms with E-state index in [-0.39, 0.29) is 72.5 Å². The maximum absolute atomic E-state index is 11.6. The first-order valence-electron chi connectivity index (χ1n) is 23.8. The number of primary amides is 1. The van der Waals surface area contributed by atoms with Crippen molar-refractivity contribution in [3.63, 3.8) is 0 Å². The van der Waals surface area contributed by atoms with Crippen LogP contribution in [-0.2, 0) is 54.4 Å². The second-order valence-electron chi connectivity index (χ2n) is 17.2. The minimum atomic E-state index is -0.781. The van der Waals surface area contributed by atoms with Gasteiger partial charge >= 0.3 is 12.1 Å². The molecule has 0 aromatic heterocycles. The molecule has 4 rings (SSSR count). The monoisotopic (exact) mass is 990 g/mol. The molecule has 18 nitrogen and oxygen atoms in total. The molecule has 71 heavy (non-hydrogen) atoms. The number of ether oxygens (including phenoxy) is 1. The molecule has 390 valence electrons. The number of carbonyl (C=O) groups is 6. The van der Waals surface area contributed by atoms with Gasteiger partial charge in [-0.25, -0.2) is 10.2 Å². The van der Waals surface area contributed by atoms with Crippen molar-refractivity contribution in [2.45, 2.75) is 129 Å². The number of aromatic hydroxyl groups is 4. The summed E-state index contributed by atoms with van der Waals surface area (Å²) in [5.41, 5.74) is 11.8. The van der Waals surface area contributed by atoms with Crippen LogP contribution < -0.4 is 27.2 Å². The quantitative estimate of drug-likeness (QED) is 0.0255. The number of benzene rings is 4. The van der Waals surface area contributed by atoms with Gasteiger partial charge in [-0.3, -0.25) is 29.4 Å². The number of hydrogen-bond acceptors (Lipinski definition) is 12. The van der Waals surface area contributed by atoms with Gasteiger partial charge in [0, 0.05) is 51.8 Å². The molecule has 4 aromatic rings. The summed E-state index contributed by atoms with van der Waals surface area (Å²) in [4.78, 5) is 66.7. The van der Waals surface area contributed by atoms with Gasteiger partial charge in [0.15, 0.2) is 0 Å². The van der Waals surface area contributed by atoms with E-state index >= 15 is 0 Å². The minimum absolute atomic E-state index is 0.0189. The lowest BCUT2D eigenvalue weighted by Crippen LogP contribution is -2.44. The standard InChI is InChI=1S/C15H21NO4.C15H23NO3.C14H20N2O4.C9H11NO2/c17-13-7-4-3-6-12(13)9-10-14(18)16-11-5-1-2-8-15(19)20;17-12-6-2-1-5-11-16-15(19)10-9-13-7-3-4-8-14(13)18;1-14(2,3)20-13(19)16-15-12(18)9-8-10-6-4-5-7-11(10)17;10-9(12)6-5-7-3-1-2-4-8(7)11/h3-4,6-7,17H,1-2,5,8-11H2,(H,16,18)(H,19,20);3-4,7-8,17-18H,1-2,5-6,9-12H2,(H,16,19);4-7,17H,8-9H2,1-3H3,(H,15,18)(H,16,19);1-4,11H,5-6H2,(H2,10,12). The predicted molar refractivity (Wildman–Crippen MR) is 270 cm³/mol. The van der Waals surface area contributed by atoms with Gasteiger partial charge in [0.1, 0.15) is 28.6 Å². The van der Waals surface area contributed by atoms with E-state index in [4.69, 9.17) is 20.7 Å². The van der Waals surface area contributed by atoms with Gasteiger partial charge in [-0.1, -0.05) is 92.1 Å². The van der Waals surface area contributed by atoms with Crippen molar-refractivity contribution in [2.75, 3.05) is 19.7 Å². The van der Waals surface area contributed by atoms with Gasteiger partial charge < -0.3 is 51.7 Å². The van der Waals surface area contributed by atoms with Crippen molar-refractivity contribution in [1.82, 2.24) is 21.5 Å². The number of carboxylic acid groups (broad SMARTS) is 1. The summed E-state index contributed by atoms with van der Waals surface area (Å²) in [5.74, 6) is -0.682. The van der Waals surface area contributed by atoms with Gasteiger partial charge in [-0.05, 0) is 119 Å². The van der Waals surface area contributed by atoms with Crippen molar-refractivity contribution in [3.05, 3.63) is 119 Å². The van der Waals surface area contributed by atoms with Gasteiger partial charge in [-0.15, -0.1) is 0 Å². The lowest BCUT2D eigenvalue weighted by atomic mass is 10.1. The number of amides is 5. The number of aryl methyl sites for hydroxylation is 4. The van der Waals surface area contributed by atoms with Crippen molar-refractivity contribution < 1.29 is 64.1 Å². The molecule has 0 spiro atoms. The van der Waals surface area contributed by atoms with Crippen LogP contribution in [0.15, 0.2) is 97.1 Å². The van der Waals surface area contributed by atoms with E-state index in [1.807, 2.05) is 24.3 Å². The number of unbranched alkanes of at least 4 members (excludes halogenated alkanes) is 5. The Morgan fingerprint density at radius 1 is 0.479 bits per heavy atom. The number of phenols is 4. The maximum Gasteiger partial charge on any atom is 0.426 e. The van der Waals surface area contributed by atoms with Crippen LogP contribution in [-0.4, -0.2) is 91.6 Å². The molecule has 0 unspecified atom stereocenters. The molecule has 0 bridgehead atoms. The molecule has 18 heteroatoms. The van der Waals surface area contributed by atoms with Gasteiger partial charge in [0.05, 0.1) is 0 Å². The Kier molecular flexibility index (Phi) is 31.8. The molecular formula is C53H75N5O13. The third kappa shape index (κ3) is 32.9. The number of aliphatic hydroxyl groups excluding tert-OH is 1. The molecule has 5 amide bonds. The lowest BCUT2D eigenvalue weighted by molar-refractivity contribution is -0.137. The molecule has 0 atom stereocenters. The fourth-order valence-electron chi connectivity index (χ4n) is 6.18. The largest absolute Gasteiger partial charge is 0.508 e. The Morgan fingerprint density at radius 3 is 1.18 bits per heavy atom. The van der Waals surface area contributed by atoms with Gasteiger partial charge in [-0.2, -0.15) is 0 Å². The number of carbonyl (C=O) groups excluding carboxylic acids is 5. The molecule has 0 aliphatic rings. The molecular weight excluding hydrogens is 915 g/mol. The fraction of sp³-hybridized carbons (Fsp3) is 0.434. The number of aliphatic carboxylic acids is 1. The summed E-state index contributed by atoms with van der Waals surface area (Å²) in [5, 5.41) is 60.7. The summed E-state index contributed by atoms with van der Waals surface area (Å²) in [7, 11) is 0. The predicted octanol–water partition coefficient (Wildman–Crippen LogP) is 6.77. The number of nitrogens with two attached hydrogens (primary N) is 1. The molecule has 0 radical (unpaired) electrons. The average Bonchev–Trinajstić information content (AvgIpc) is 3.32. The van der Waals surface area contributed by atoms with Crippen molar-refractivity contribution >= 4 is 35.7 Å². The zero-order valence-corrected chi connectivity index (χ0v) is 41.3. The lowest BCUT2D eigenvalue weighted by Gasteiger charge is -2.19. The fourth-order valence-corrected chi connectivity index (χ4v) is 6.18. The molecule has 0 heterocycles.